The zero-order valence-corrected chi connectivity index (χ0v) is 12.7. The number of benzene rings is 1. The lowest BCUT2D eigenvalue weighted by Crippen LogP contribution is -2.37. The van der Waals surface area contributed by atoms with E-state index in [1.54, 1.807) is 12.1 Å². The van der Waals surface area contributed by atoms with Crippen molar-refractivity contribution < 1.29 is 10.0 Å². The number of piperidine rings is 1. The molecule has 0 saturated carbocycles. The van der Waals surface area contributed by atoms with Crippen LogP contribution in [0.1, 0.15) is 18.4 Å². The van der Waals surface area contributed by atoms with E-state index in [0.717, 1.165) is 38.2 Å². The molecule has 116 valence electrons. The molecular formula is C15H23N3O3. The average molecular weight is 293 g/mol. The van der Waals surface area contributed by atoms with Crippen LogP contribution in [-0.4, -0.2) is 48.7 Å². The summed E-state index contributed by atoms with van der Waals surface area (Å²) in [6, 6.07) is 5.01. The van der Waals surface area contributed by atoms with Crippen molar-refractivity contribution in [3.05, 3.63) is 33.9 Å². The Balaban J connectivity index is 2.05. The number of hydrogen-bond donors (Lipinski definition) is 1. The summed E-state index contributed by atoms with van der Waals surface area (Å²) in [4.78, 5) is 14.9. The second-order valence-corrected chi connectivity index (χ2v) is 5.92. The first-order valence-corrected chi connectivity index (χ1v) is 7.29. The van der Waals surface area contributed by atoms with Crippen LogP contribution in [0.2, 0.25) is 0 Å². The van der Waals surface area contributed by atoms with Gasteiger partial charge in [-0.1, -0.05) is 0 Å². The topological polar surface area (TPSA) is 69.9 Å². The molecule has 1 heterocycles. The molecular weight excluding hydrogens is 270 g/mol. The summed E-state index contributed by atoms with van der Waals surface area (Å²) in [5, 5.41) is 20.2. The van der Waals surface area contributed by atoms with Crippen LogP contribution in [0.3, 0.4) is 0 Å². The number of aliphatic hydroxyl groups is 1. The highest BCUT2D eigenvalue weighted by Crippen LogP contribution is 2.28. The van der Waals surface area contributed by atoms with Gasteiger partial charge in [-0.2, -0.15) is 0 Å². The van der Waals surface area contributed by atoms with Crippen molar-refractivity contribution in [3.63, 3.8) is 0 Å². The van der Waals surface area contributed by atoms with Crippen molar-refractivity contribution in [3.8, 4) is 0 Å². The molecule has 0 amide bonds. The number of nitrogens with zero attached hydrogens (tertiary/aromatic N) is 3. The first-order valence-electron chi connectivity index (χ1n) is 7.29. The summed E-state index contributed by atoms with van der Waals surface area (Å²) in [6.07, 6.45) is 2.26. The Labute approximate surface area is 125 Å². The Kier molecular flexibility index (Phi) is 5.14. The fraction of sp³-hybridized carbons (Fsp3) is 0.600. The van der Waals surface area contributed by atoms with Gasteiger partial charge in [0.1, 0.15) is 0 Å². The van der Waals surface area contributed by atoms with Gasteiger partial charge in [-0.3, -0.25) is 10.1 Å². The maximum atomic E-state index is 10.9. The summed E-state index contributed by atoms with van der Waals surface area (Å²) in [5.41, 5.74) is 1.34. The minimum absolute atomic E-state index is 0.0104. The Morgan fingerprint density at radius 2 is 2.05 bits per heavy atom. The fourth-order valence-electron chi connectivity index (χ4n) is 2.96. The van der Waals surface area contributed by atoms with Crippen LogP contribution in [0, 0.1) is 16.0 Å². The third-order valence-corrected chi connectivity index (χ3v) is 4.03. The van der Waals surface area contributed by atoms with Crippen molar-refractivity contribution in [2.75, 3.05) is 38.6 Å². The standard InChI is InChI=1S/C15H23N3O3/c1-16(2)10-12-5-7-17(8-6-12)14-3-4-15(18(20)21)13(9-14)11-19/h3-4,9,12,19H,5-8,10-11H2,1-2H3. The number of hydrogen-bond acceptors (Lipinski definition) is 5. The van der Waals surface area contributed by atoms with Crippen molar-refractivity contribution >= 4 is 11.4 Å². The minimum atomic E-state index is -0.446. The lowest BCUT2D eigenvalue weighted by molar-refractivity contribution is -0.385. The fourth-order valence-corrected chi connectivity index (χ4v) is 2.96. The van der Waals surface area contributed by atoms with Gasteiger partial charge < -0.3 is 14.9 Å². The summed E-state index contributed by atoms with van der Waals surface area (Å²) >= 11 is 0. The van der Waals surface area contributed by atoms with E-state index in [1.165, 1.54) is 6.07 Å². The smallest absolute Gasteiger partial charge is 0.275 e. The van der Waals surface area contributed by atoms with Crippen LogP contribution in [-0.2, 0) is 6.61 Å². The van der Waals surface area contributed by atoms with Gasteiger partial charge in [0.25, 0.3) is 5.69 Å². The van der Waals surface area contributed by atoms with E-state index in [0.29, 0.717) is 11.5 Å². The normalized spacial score (nSPS) is 16.5. The van der Waals surface area contributed by atoms with Crippen LogP contribution < -0.4 is 4.90 Å². The van der Waals surface area contributed by atoms with E-state index in [2.05, 4.69) is 23.9 Å². The van der Waals surface area contributed by atoms with Crippen LogP contribution in [0.25, 0.3) is 0 Å². The molecule has 1 saturated heterocycles. The van der Waals surface area contributed by atoms with E-state index in [1.807, 2.05) is 0 Å². The summed E-state index contributed by atoms with van der Waals surface area (Å²) in [5.74, 6) is 0.714. The number of nitro benzene ring substituents is 1. The molecule has 0 radical (unpaired) electrons. The zero-order valence-electron chi connectivity index (χ0n) is 12.7. The molecule has 0 bridgehead atoms. The largest absolute Gasteiger partial charge is 0.391 e. The van der Waals surface area contributed by atoms with Crippen LogP contribution in [0.15, 0.2) is 18.2 Å². The van der Waals surface area contributed by atoms with Gasteiger partial charge in [-0.15, -0.1) is 0 Å². The maximum Gasteiger partial charge on any atom is 0.275 e. The molecule has 1 N–H and O–H groups in total. The molecule has 0 aliphatic carbocycles. The Morgan fingerprint density at radius 1 is 1.38 bits per heavy atom. The van der Waals surface area contributed by atoms with Crippen molar-refractivity contribution in [1.29, 1.82) is 0 Å². The molecule has 0 spiro atoms. The first kappa shape index (κ1) is 15.7. The molecule has 1 aliphatic heterocycles. The second kappa shape index (κ2) is 6.87. The third-order valence-electron chi connectivity index (χ3n) is 4.03. The summed E-state index contributed by atoms with van der Waals surface area (Å²) in [6.45, 7) is 2.72. The lowest BCUT2D eigenvalue weighted by atomic mass is 9.96. The van der Waals surface area contributed by atoms with Gasteiger partial charge in [0, 0.05) is 31.4 Å². The van der Waals surface area contributed by atoms with Crippen LogP contribution in [0.5, 0.6) is 0 Å². The zero-order chi connectivity index (χ0) is 15.4. The molecule has 1 aliphatic rings. The Bertz CT molecular complexity index is 497. The number of nitro groups is 1. The highest BCUT2D eigenvalue weighted by Gasteiger charge is 2.21. The summed E-state index contributed by atoms with van der Waals surface area (Å²) < 4.78 is 0. The molecule has 0 unspecified atom stereocenters. The second-order valence-electron chi connectivity index (χ2n) is 5.92. The molecule has 21 heavy (non-hydrogen) atoms. The van der Waals surface area contributed by atoms with E-state index in [4.69, 9.17) is 0 Å². The quantitative estimate of drug-likeness (QED) is 0.663. The predicted molar refractivity (Wildman–Crippen MR) is 82.5 cm³/mol. The Morgan fingerprint density at radius 3 is 2.57 bits per heavy atom. The molecule has 0 atom stereocenters. The lowest BCUT2D eigenvalue weighted by Gasteiger charge is -2.34. The van der Waals surface area contributed by atoms with Gasteiger partial charge >= 0.3 is 0 Å². The molecule has 1 aromatic carbocycles. The van der Waals surface area contributed by atoms with Crippen molar-refractivity contribution in [2.24, 2.45) is 5.92 Å². The van der Waals surface area contributed by atoms with Crippen molar-refractivity contribution in [1.82, 2.24) is 4.90 Å². The van der Waals surface area contributed by atoms with E-state index >= 15 is 0 Å². The van der Waals surface area contributed by atoms with Gasteiger partial charge in [-0.25, -0.2) is 0 Å². The minimum Gasteiger partial charge on any atom is -0.391 e. The number of anilines is 1. The van der Waals surface area contributed by atoms with Gasteiger partial charge in [0.05, 0.1) is 17.1 Å². The SMILES string of the molecule is CN(C)CC1CCN(c2ccc([N+](=O)[O-])c(CO)c2)CC1. The average Bonchev–Trinajstić information content (AvgIpc) is 2.46. The van der Waals surface area contributed by atoms with Gasteiger partial charge in [0.2, 0.25) is 0 Å². The van der Waals surface area contributed by atoms with Gasteiger partial charge in [-0.05, 0) is 45.0 Å². The van der Waals surface area contributed by atoms with Crippen molar-refractivity contribution in [2.45, 2.75) is 19.4 Å². The predicted octanol–water partition coefficient (Wildman–Crippen LogP) is 1.87. The van der Waals surface area contributed by atoms with Crippen LogP contribution in [0.4, 0.5) is 11.4 Å². The van der Waals surface area contributed by atoms with E-state index < -0.39 is 4.92 Å². The third kappa shape index (κ3) is 3.92. The highest BCUT2D eigenvalue weighted by molar-refractivity contribution is 5.55. The maximum absolute atomic E-state index is 10.9. The molecule has 1 aromatic rings. The van der Waals surface area contributed by atoms with E-state index in [9.17, 15) is 15.2 Å². The monoisotopic (exact) mass is 293 g/mol. The first-order chi connectivity index (χ1) is 10.0. The molecule has 1 fully saturated rings. The molecule has 6 heteroatoms. The molecule has 6 nitrogen and oxygen atoms in total. The number of rotatable bonds is 5. The molecule has 2 rings (SSSR count). The van der Waals surface area contributed by atoms with Crippen LogP contribution >= 0.6 is 0 Å². The summed E-state index contributed by atoms with van der Waals surface area (Å²) in [7, 11) is 4.19. The molecule has 0 aromatic heterocycles. The highest BCUT2D eigenvalue weighted by atomic mass is 16.6. The Hall–Kier alpha value is -1.66. The number of aliphatic hydroxyl groups excluding tert-OH is 1. The van der Waals surface area contributed by atoms with E-state index in [-0.39, 0.29) is 12.3 Å². The van der Waals surface area contributed by atoms with Gasteiger partial charge in [0.15, 0.2) is 0 Å².